The molecule has 2 rings (SSSR count). The van der Waals surface area contributed by atoms with E-state index in [0.717, 1.165) is 0 Å². The van der Waals surface area contributed by atoms with Gasteiger partial charge >= 0.3 is 5.97 Å². The number of nitrogens with one attached hydrogen (secondary N) is 2. The number of methoxy groups -OCH3 is 1. The molecule has 2 amide bonds. The average molecular weight is 439 g/mol. The van der Waals surface area contributed by atoms with E-state index in [2.05, 4.69) is 10.6 Å². The zero-order valence-electron chi connectivity index (χ0n) is 15.8. The number of benzene rings is 2. The Labute approximate surface area is 178 Å². The molecule has 0 spiro atoms. The minimum absolute atomic E-state index is 0.364. The summed E-state index contributed by atoms with van der Waals surface area (Å²) >= 11 is 12.0. The SMILES string of the molecule is COc1ccc(C(=O)NCC(=O)OCC(=O)NC(C)c2ccc(Cl)cc2Cl)cc1. The van der Waals surface area contributed by atoms with E-state index in [9.17, 15) is 14.4 Å². The largest absolute Gasteiger partial charge is 0.497 e. The molecule has 1 unspecified atom stereocenters. The van der Waals surface area contributed by atoms with E-state index in [-0.39, 0.29) is 6.54 Å². The molecule has 154 valence electrons. The molecule has 0 bridgehead atoms. The second kappa shape index (κ2) is 10.7. The standard InChI is InChI=1S/C20H20Cl2N2O5/c1-12(16-8-5-14(21)9-17(16)22)24-18(25)11-29-19(26)10-23-20(27)13-3-6-15(28-2)7-4-13/h3-9,12H,10-11H2,1-2H3,(H,23,27)(H,24,25). The van der Waals surface area contributed by atoms with Crippen molar-refractivity contribution in [3.8, 4) is 5.75 Å². The van der Waals surface area contributed by atoms with Crippen LogP contribution in [0.3, 0.4) is 0 Å². The number of hydrogen-bond donors (Lipinski definition) is 2. The van der Waals surface area contributed by atoms with Crippen LogP contribution in [0.4, 0.5) is 0 Å². The molecule has 0 aliphatic carbocycles. The molecule has 0 fully saturated rings. The van der Waals surface area contributed by atoms with Crippen molar-refractivity contribution in [2.45, 2.75) is 13.0 Å². The van der Waals surface area contributed by atoms with Gasteiger partial charge in [-0.15, -0.1) is 0 Å². The van der Waals surface area contributed by atoms with Crippen LogP contribution in [-0.2, 0) is 14.3 Å². The maximum atomic E-state index is 12.0. The number of ether oxygens (including phenoxy) is 2. The van der Waals surface area contributed by atoms with Gasteiger partial charge in [-0.3, -0.25) is 14.4 Å². The number of halogens is 2. The summed E-state index contributed by atoms with van der Waals surface area (Å²) in [5, 5.41) is 6.00. The smallest absolute Gasteiger partial charge is 0.325 e. The van der Waals surface area contributed by atoms with Crippen LogP contribution in [0.5, 0.6) is 5.75 Å². The van der Waals surface area contributed by atoms with Crippen molar-refractivity contribution < 1.29 is 23.9 Å². The molecule has 0 saturated carbocycles. The number of carbonyl (C=O) groups excluding carboxylic acids is 3. The van der Waals surface area contributed by atoms with Crippen LogP contribution < -0.4 is 15.4 Å². The molecular formula is C20H20Cl2N2O5. The van der Waals surface area contributed by atoms with Gasteiger partial charge < -0.3 is 20.1 Å². The monoisotopic (exact) mass is 438 g/mol. The molecule has 2 N–H and O–H groups in total. The highest BCUT2D eigenvalue weighted by Crippen LogP contribution is 2.25. The van der Waals surface area contributed by atoms with Gasteiger partial charge in [0.2, 0.25) is 0 Å². The predicted octanol–water partition coefficient (Wildman–Crippen LogP) is 3.15. The van der Waals surface area contributed by atoms with Gasteiger partial charge in [-0.1, -0.05) is 29.3 Å². The fraction of sp³-hybridized carbons (Fsp3) is 0.250. The van der Waals surface area contributed by atoms with Crippen molar-refractivity contribution in [1.82, 2.24) is 10.6 Å². The van der Waals surface area contributed by atoms with Crippen molar-refractivity contribution in [1.29, 1.82) is 0 Å². The van der Waals surface area contributed by atoms with Gasteiger partial charge in [0, 0.05) is 15.6 Å². The zero-order valence-corrected chi connectivity index (χ0v) is 17.3. The molecule has 2 aromatic rings. The highest BCUT2D eigenvalue weighted by atomic mass is 35.5. The summed E-state index contributed by atoms with van der Waals surface area (Å²) in [7, 11) is 1.52. The van der Waals surface area contributed by atoms with Crippen molar-refractivity contribution in [2.75, 3.05) is 20.3 Å². The first-order valence-corrected chi connectivity index (χ1v) is 9.38. The fourth-order valence-electron chi connectivity index (χ4n) is 2.41. The number of carbonyl (C=O) groups is 3. The van der Waals surface area contributed by atoms with E-state index < -0.39 is 30.4 Å². The van der Waals surface area contributed by atoms with Gasteiger partial charge in [0.15, 0.2) is 6.61 Å². The maximum absolute atomic E-state index is 12.0. The van der Waals surface area contributed by atoms with Gasteiger partial charge in [-0.25, -0.2) is 0 Å². The third kappa shape index (κ3) is 6.96. The second-order valence-electron chi connectivity index (χ2n) is 6.03. The van der Waals surface area contributed by atoms with Gasteiger partial charge in [0.05, 0.1) is 13.2 Å². The molecule has 29 heavy (non-hydrogen) atoms. The third-order valence-electron chi connectivity index (χ3n) is 3.92. The summed E-state index contributed by atoms with van der Waals surface area (Å²) < 4.78 is 9.88. The highest BCUT2D eigenvalue weighted by Gasteiger charge is 2.15. The molecule has 0 aliphatic rings. The van der Waals surface area contributed by atoms with Crippen LogP contribution in [0.25, 0.3) is 0 Å². The zero-order chi connectivity index (χ0) is 21.4. The topological polar surface area (TPSA) is 93.7 Å². The number of rotatable bonds is 8. The Balaban J connectivity index is 1.75. The van der Waals surface area contributed by atoms with Crippen molar-refractivity contribution >= 4 is 41.0 Å². The van der Waals surface area contributed by atoms with E-state index in [0.29, 0.717) is 26.9 Å². The maximum Gasteiger partial charge on any atom is 0.325 e. The van der Waals surface area contributed by atoms with Crippen molar-refractivity contribution in [3.05, 3.63) is 63.6 Å². The van der Waals surface area contributed by atoms with Gasteiger partial charge in [0.1, 0.15) is 12.3 Å². The molecule has 0 saturated heterocycles. The lowest BCUT2D eigenvalue weighted by atomic mass is 10.1. The van der Waals surface area contributed by atoms with Crippen LogP contribution in [-0.4, -0.2) is 38.0 Å². The molecule has 0 radical (unpaired) electrons. The number of amides is 2. The molecule has 0 aromatic heterocycles. The van der Waals surface area contributed by atoms with Crippen LogP contribution >= 0.6 is 23.2 Å². The van der Waals surface area contributed by atoms with E-state index >= 15 is 0 Å². The minimum Gasteiger partial charge on any atom is -0.497 e. The summed E-state index contributed by atoms with van der Waals surface area (Å²) in [5.41, 5.74) is 1.05. The molecule has 0 aliphatic heterocycles. The van der Waals surface area contributed by atoms with E-state index in [4.69, 9.17) is 32.7 Å². The Kier molecular flexibility index (Phi) is 8.30. The summed E-state index contributed by atoms with van der Waals surface area (Å²) in [6, 6.07) is 10.9. The van der Waals surface area contributed by atoms with Crippen molar-refractivity contribution in [2.24, 2.45) is 0 Å². The first-order valence-electron chi connectivity index (χ1n) is 8.62. The highest BCUT2D eigenvalue weighted by molar-refractivity contribution is 6.35. The fourth-order valence-corrected chi connectivity index (χ4v) is 2.98. The number of esters is 1. The lowest BCUT2D eigenvalue weighted by molar-refractivity contribution is -0.147. The van der Waals surface area contributed by atoms with Crippen LogP contribution in [0.1, 0.15) is 28.9 Å². The second-order valence-corrected chi connectivity index (χ2v) is 6.87. The van der Waals surface area contributed by atoms with E-state index in [1.807, 2.05) is 0 Å². The molecule has 7 nitrogen and oxygen atoms in total. The Morgan fingerprint density at radius 1 is 1.07 bits per heavy atom. The third-order valence-corrected chi connectivity index (χ3v) is 4.48. The van der Waals surface area contributed by atoms with E-state index in [1.165, 1.54) is 7.11 Å². The number of hydrogen-bond acceptors (Lipinski definition) is 5. The van der Waals surface area contributed by atoms with Crippen LogP contribution in [0.15, 0.2) is 42.5 Å². The minimum atomic E-state index is -0.737. The summed E-state index contributed by atoms with van der Waals surface area (Å²) in [6.07, 6.45) is 0. The quantitative estimate of drug-likeness (QED) is 0.617. The molecular weight excluding hydrogens is 419 g/mol. The van der Waals surface area contributed by atoms with E-state index in [1.54, 1.807) is 49.4 Å². The molecule has 0 heterocycles. The Morgan fingerprint density at radius 2 is 1.76 bits per heavy atom. The van der Waals surface area contributed by atoms with Gasteiger partial charge in [-0.2, -0.15) is 0 Å². The Morgan fingerprint density at radius 3 is 2.38 bits per heavy atom. The average Bonchev–Trinajstić information content (AvgIpc) is 2.70. The predicted molar refractivity (Wildman–Crippen MR) is 109 cm³/mol. The first-order chi connectivity index (χ1) is 13.8. The lowest BCUT2D eigenvalue weighted by Gasteiger charge is -2.16. The lowest BCUT2D eigenvalue weighted by Crippen LogP contribution is -2.34. The Bertz CT molecular complexity index is 887. The first kappa shape index (κ1) is 22.5. The normalized spacial score (nSPS) is 11.3. The molecule has 9 heteroatoms. The Hall–Kier alpha value is -2.77. The van der Waals surface area contributed by atoms with Crippen LogP contribution in [0, 0.1) is 0 Å². The van der Waals surface area contributed by atoms with Crippen molar-refractivity contribution in [3.63, 3.8) is 0 Å². The summed E-state index contributed by atoms with van der Waals surface area (Å²) in [5.74, 6) is -1.07. The molecule has 1 atom stereocenters. The van der Waals surface area contributed by atoms with Crippen LogP contribution in [0.2, 0.25) is 10.0 Å². The summed E-state index contributed by atoms with van der Waals surface area (Å²) in [6.45, 7) is 0.896. The summed E-state index contributed by atoms with van der Waals surface area (Å²) in [4.78, 5) is 35.7. The van der Waals surface area contributed by atoms with Gasteiger partial charge in [-0.05, 0) is 48.9 Å². The molecule has 2 aromatic carbocycles. The van der Waals surface area contributed by atoms with Gasteiger partial charge in [0.25, 0.3) is 11.8 Å².